The SMILES string of the molecule is CSc1ccc(N(C)CC2CNCCO2)cc1. The Kier molecular flexibility index (Phi) is 4.71. The summed E-state index contributed by atoms with van der Waals surface area (Å²) < 4.78 is 5.71. The van der Waals surface area contributed by atoms with Gasteiger partial charge < -0.3 is 15.0 Å². The molecule has 1 saturated heterocycles. The molecule has 1 atom stereocenters. The number of thioether (sulfide) groups is 1. The van der Waals surface area contributed by atoms with E-state index in [2.05, 4.69) is 47.8 Å². The molecular weight excluding hydrogens is 232 g/mol. The third-order valence-electron chi connectivity index (χ3n) is 3.00. The average Bonchev–Trinajstić information content (AvgIpc) is 2.40. The normalized spacial score (nSPS) is 20.2. The van der Waals surface area contributed by atoms with Crippen molar-refractivity contribution in [3.05, 3.63) is 24.3 Å². The minimum Gasteiger partial charge on any atom is -0.374 e. The van der Waals surface area contributed by atoms with E-state index in [0.717, 1.165) is 26.2 Å². The molecule has 0 aromatic heterocycles. The van der Waals surface area contributed by atoms with Crippen molar-refractivity contribution < 1.29 is 4.74 Å². The van der Waals surface area contributed by atoms with Crippen molar-refractivity contribution in [2.75, 3.05) is 44.4 Å². The fraction of sp³-hybridized carbons (Fsp3) is 0.538. The van der Waals surface area contributed by atoms with Gasteiger partial charge in [-0.3, -0.25) is 0 Å². The Labute approximate surface area is 108 Å². The van der Waals surface area contributed by atoms with Crippen LogP contribution in [0.25, 0.3) is 0 Å². The molecule has 1 aromatic rings. The first-order valence-corrected chi connectivity index (χ1v) is 7.19. The standard InChI is InChI=1S/C13H20N2OS/c1-15(10-12-9-14-7-8-16-12)11-3-5-13(17-2)6-4-11/h3-6,12,14H,7-10H2,1-2H3. The topological polar surface area (TPSA) is 24.5 Å². The van der Waals surface area contributed by atoms with Crippen molar-refractivity contribution in [1.29, 1.82) is 0 Å². The highest BCUT2D eigenvalue weighted by molar-refractivity contribution is 7.98. The maximum absolute atomic E-state index is 5.71. The van der Waals surface area contributed by atoms with E-state index in [0.29, 0.717) is 6.10 Å². The van der Waals surface area contributed by atoms with Crippen molar-refractivity contribution in [2.45, 2.75) is 11.0 Å². The number of likely N-dealkylation sites (N-methyl/N-ethyl adjacent to an activating group) is 1. The zero-order valence-electron chi connectivity index (χ0n) is 10.5. The lowest BCUT2D eigenvalue weighted by atomic mass is 10.2. The van der Waals surface area contributed by atoms with Crippen molar-refractivity contribution in [3.8, 4) is 0 Å². The number of nitrogens with zero attached hydrogens (tertiary/aromatic N) is 1. The van der Waals surface area contributed by atoms with Crippen LogP contribution in [0.4, 0.5) is 5.69 Å². The lowest BCUT2D eigenvalue weighted by molar-refractivity contribution is 0.0340. The molecule has 0 amide bonds. The Morgan fingerprint density at radius 3 is 2.76 bits per heavy atom. The number of hydrogen-bond acceptors (Lipinski definition) is 4. The van der Waals surface area contributed by atoms with Gasteiger partial charge in [-0.05, 0) is 30.5 Å². The average molecular weight is 252 g/mol. The van der Waals surface area contributed by atoms with Crippen LogP contribution in [0.15, 0.2) is 29.2 Å². The van der Waals surface area contributed by atoms with Crippen LogP contribution in [-0.4, -0.2) is 45.6 Å². The van der Waals surface area contributed by atoms with Crippen LogP contribution in [0, 0.1) is 0 Å². The molecule has 1 fully saturated rings. The van der Waals surface area contributed by atoms with E-state index in [1.165, 1.54) is 10.6 Å². The van der Waals surface area contributed by atoms with Gasteiger partial charge in [0.05, 0.1) is 12.7 Å². The molecule has 2 rings (SSSR count). The predicted molar refractivity (Wildman–Crippen MR) is 74.1 cm³/mol. The van der Waals surface area contributed by atoms with Crippen LogP contribution >= 0.6 is 11.8 Å². The monoisotopic (exact) mass is 252 g/mol. The molecule has 3 nitrogen and oxygen atoms in total. The predicted octanol–water partition coefficient (Wildman–Crippen LogP) is 1.83. The van der Waals surface area contributed by atoms with Crippen LogP contribution in [0.2, 0.25) is 0 Å². The molecule has 0 aliphatic carbocycles. The van der Waals surface area contributed by atoms with Gasteiger partial charge in [0.25, 0.3) is 0 Å². The van der Waals surface area contributed by atoms with Crippen molar-refractivity contribution in [3.63, 3.8) is 0 Å². The molecule has 1 N–H and O–H groups in total. The molecule has 0 bridgehead atoms. The van der Waals surface area contributed by atoms with Crippen LogP contribution < -0.4 is 10.2 Å². The first-order valence-electron chi connectivity index (χ1n) is 5.97. The van der Waals surface area contributed by atoms with Gasteiger partial charge in [0.15, 0.2) is 0 Å². The van der Waals surface area contributed by atoms with Crippen molar-refractivity contribution in [1.82, 2.24) is 5.32 Å². The van der Waals surface area contributed by atoms with E-state index in [9.17, 15) is 0 Å². The highest BCUT2D eigenvalue weighted by Gasteiger charge is 2.15. The molecule has 1 aromatic carbocycles. The zero-order valence-corrected chi connectivity index (χ0v) is 11.3. The molecule has 4 heteroatoms. The molecule has 0 spiro atoms. The molecule has 1 aliphatic heterocycles. The quantitative estimate of drug-likeness (QED) is 0.826. The Morgan fingerprint density at radius 2 is 2.18 bits per heavy atom. The van der Waals surface area contributed by atoms with E-state index in [-0.39, 0.29) is 0 Å². The number of morpholine rings is 1. The second-order valence-corrected chi connectivity index (χ2v) is 5.16. The summed E-state index contributed by atoms with van der Waals surface area (Å²) in [7, 11) is 2.12. The van der Waals surface area contributed by atoms with Gasteiger partial charge in [0, 0.05) is 37.3 Å². The van der Waals surface area contributed by atoms with Gasteiger partial charge >= 0.3 is 0 Å². The summed E-state index contributed by atoms with van der Waals surface area (Å²) >= 11 is 1.77. The minimum absolute atomic E-state index is 0.300. The van der Waals surface area contributed by atoms with Crippen LogP contribution in [0.1, 0.15) is 0 Å². The lowest BCUT2D eigenvalue weighted by Crippen LogP contribution is -2.44. The van der Waals surface area contributed by atoms with Crippen molar-refractivity contribution >= 4 is 17.4 Å². The second-order valence-electron chi connectivity index (χ2n) is 4.28. The Balaban J connectivity index is 1.91. The van der Waals surface area contributed by atoms with Crippen molar-refractivity contribution in [2.24, 2.45) is 0 Å². The number of hydrogen-bond donors (Lipinski definition) is 1. The summed E-state index contributed by atoms with van der Waals surface area (Å²) in [5.74, 6) is 0. The third kappa shape index (κ3) is 3.63. The smallest absolute Gasteiger partial charge is 0.0874 e. The summed E-state index contributed by atoms with van der Waals surface area (Å²) in [6.45, 7) is 3.69. The maximum atomic E-state index is 5.71. The second kappa shape index (κ2) is 6.28. The molecule has 1 heterocycles. The number of nitrogens with one attached hydrogen (secondary N) is 1. The highest BCUT2D eigenvalue weighted by Crippen LogP contribution is 2.20. The first kappa shape index (κ1) is 12.7. The molecule has 17 heavy (non-hydrogen) atoms. The summed E-state index contributed by atoms with van der Waals surface area (Å²) in [4.78, 5) is 3.56. The van der Waals surface area contributed by atoms with E-state index in [1.807, 2.05) is 0 Å². The van der Waals surface area contributed by atoms with Gasteiger partial charge in [-0.25, -0.2) is 0 Å². The van der Waals surface area contributed by atoms with Gasteiger partial charge in [-0.1, -0.05) is 0 Å². The van der Waals surface area contributed by atoms with E-state index < -0.39 is 0 Å². The minimum atomic E-state index is 0.300. The summed E-state index contributed by atoms with van der Waals surface area (Å²) in [6.07, 6.45) is 2.40. The van der Waals surface area contributed by atoms with Gasteiger partial charge in [0.2, 0.25) is 0 Å². The number of benzene rings is 1. The molecule has 1 aliphatic rings. The number of anilines is 1. The Hall–Kier alpha value is -0.710. The summed E-state index contributed by atoms with van der Waals surface area (Å²) in [5.41, 5.74) is 1.25. The first-order chi connectivity index (χ1) is 8.29. The number of ether oxygens (including phenoxy) is 1. The van der Waals surface area contributed by atoms with Crippen LogP contribution in [0.3, 0.4) is 0 Å². The van der Waals surface area contributed by atoms with Gasteiger partial charge in [-0.15, -0.1) is 11.8 Å². The molecule has 0 radical (unpaired) electrons. The lowest BCUT2D eigenvalue weighted by Gasteiger charge is -2.29. The Morgan fingerprint density at radius 1 is 1.41 bits per heavy atom. The molecular formula is C13H20N2OS. The molecule has 94 valence electrons. The largest absolute Gasteiger partial charge is 0.374 e. The Bertz CT molecular complexity index is 336. The summed E-state index contributed by atoms with van der Waals surface area (Å²) in [6, 6.07) is 8.66. The highest BCUT2D eigenvalue weighted by atomic mass is 32.2. The van der Waals surface area contributed by atoms with Gasteiger partial charge in [0.1, 0.15) is 0 Å². The van der Waals surface area contributed by atoms with Crippen LogP contribution in [0.5, 0.6) is 0 Å². The van der Waals surface area contributed by atoms with Crippen LogP contribution in [-0.2, 0) is 4.74 Å². The van der Waals surface area contributed by atoms with E-state index in [1.54, 1.807) is 11.8 Å². The fourth-order valence-electron chi connectivity index (χ4n) is 1.98. The van der Waals surface area contributed by atoms with E-state index >= 15 is 0 Å². The fourth-order valence-corrected chi connectivity index (χ4v) is 2.39. The summed E-state index contributed by atoms with van der Waals surface area (Å²) in [5, 5.41) is 3.35. The third-order valence-corrected chi connectivity index (χ3v) is 3.74. The van der Waals surface area contributed by atoms with E-state index in [4.69, 9.17) is 4.74 Å². The molecule has 1 unspecified atom stereocenters. The number of rotatable bonds is 4. The van der Waals surface area contributed by atoms with Gasteiger partial charge in [-0.2, -0.15) is 0 Å². The zero-order chi connectivity index (χ0) is 12.1. The molecule has 0 saturated carbocycles. The maximum Gasteiger partial charge on any atom is 0.0874 e.